The second-order valence-electron chi connectivity index (χ2n) is 5.33. The lowest BCUT2D eigenvalue weighted by Gasteiger charge is -2.25. The average Bonchev–Trinajstić information content (AvgIpc) is 3.38. The molecular formula is C17H17ClN2O. The van der Waals surface area contributed by atoms with Crippen molar-refractivity contribution in [1.82, 2.24) is 9.88 Å². The molecule has 0 bridgehead atoms. The van der Waals surface area contributed by atoms with Gasteiger partial charge in [0.2, 0.25) is 5.91 Å². The highest BCUT2D eigenvalue weighted by Gasteiger charge is 2.35. The molecule has 1 aromatic heterocycles. The first-order valence-electron chi connectivity index (χ1n) is 7.14. The molecule has 0 radical (unpaired) electrons. The second kappa shape index (κ2) is 6.27. The van der Waals surface area contributed by atoms with Gasteiger partial charge in [0.05, 0.1) is 0 Å². The van der Waals surface area contributed by atoms with Crippen LogP contribution in [-0.2, 0) is 11.3 Å². The number of carbonyl (C=O) groups is 1. The molecule has 1 heterocycles. The first-order valence-corrected chi connectivity index (χ1v) is 7.58. The van der Waals surface area contributed by atoms with E-state index in [1.54, 1.807) is 12.4 Å². The van der Waals surface area contributed by atoms with E-state index in [-0.39, 0.29) is 5.91 Å². The van der Waals surface area contributed by atoms with Crippen LogP contribution in [0.15, 0.2) is 54.9 Å². The summed E-state index contributed by atoms with van der Waals surface area (Å²) in [5.41, 5.74) is 1.88. The summed E-state index contributed by atoms with van der Waals surface area (Å²) in [6.07, 6.45) is 5.66. The van der Waals surface area contributed by atoms with Gasteiger partial charge in [-0.1, -0.05) is 36.4 Å². The Balaban J connectivity index is 1.76. The number of amides is 1. The Morgan fingerprint density at radius 3 is 2.62 bits per heavy atom. The first kappa shape index (κ1) is 14.1. The van der Waals surface area contributed by atoms with Gasteiger partial charge < -0.3 is 4.90 Å². The normalized spacial score (nSPS) is 15.5. The summed E-state index contributed by atoms with van der Waals surface area (Å²) in [5.74, 6) is -0.0192. The van der Waals surface area contributed by atoms with Gasteiger partial charge in [0.1, 0.15) is 5.38 Å². The van der Waals surface area contributed by atoms with Crippen molar-refractivity contribution in [3.63, 3.8) is 0 Å². The molecule has 3 nitrogen and oxygen atoms in total. The molecule has 0 saturated heterocycles. The Morgan fingerprint density at radius 1 is 1.24 bits per heavy atom. The Morgan fingerprint density at radius 2 is 2.00 bits per heavy atom. The maximum absolute atomic E-state index is 12.7. The van der Waals surface area contributed by atoms with Gasteiger partial charge in [-0.05, 0) is 30.0 Å². The molecule has 1 atom stereocenters. The van der Waals surface area contributed by atoms with Crippen molar-refractivity contribution in [3.05, 3.63) is 66.0 Å². The molecule has 3 rings (SSSR count). The Hall–Kier alpha value is -1.87. The lowest BCUT2D eigenvalue weighted by atomic mass is 10.1. The molecule has 0 spiro atoms. The average molecular weight is 301 g/mol. The number of alkyl halides is 1. The van der Waals surface area contributed by atoms with E-state index in [9.17, 15) is 4.79 Å². The van der Waals surface area contributed by atoms with Crippen LogP contribution in [0, 0.1) is 0 Å². The van der Waals surface area contributed by atoms with E-state index < -0.39 is 5.38 Å². The third-order valence-electron chi connectivity index (χ3n) is 3.66. The Bertz CT molecular complexity index is 599. The minimum absolute atomic E-state index is 0.0192. The van der Waals surface area contributed by atoms with Gasteiger partial charge in [-0.3, -0.25) is 9.78 Å². The van der Waals surface area contributed by atoms with Crippen molar-refractivity contribution in [2.24, 2.45) is 0 Å². The Labute approximate surface area is 129 Å². The molecule has 4 heteroatoms. The highest BCUT2D eigenvalue weighted by atomic mass is 35.5. The number of benzene rings is 1. The summed E-state index contributed by atoms with van der Waals surface area (Å²) in [6.45, 7) is 0.577. The maximum atomic E-state index is 12.7. The van der Waals surface area contributed by atoms with Crippen LogP contribution in [0.25, 0.3) is 0 Å². The fourth-order valence-electron chi connectivity index (χ4n) is 2.37. The van der Waals surface area contributed by atoms with Crippen LogP contribution >= 0.6 is 11.6 Å². The number of halogens is 1. The number of pyridine rings is 1. The van der Waals surface area contributed by atoms with Gasteiger partial charge in [-0.15, -0.1) is 11.6 Å². The lowest BCUT2D eigenvalue weighted by Crippen LogP contribution is -2.35. The van der Waals surface area contributed by atoms with Gasteiger partial charge in [0.25, 0.3) is 0 Å². The van der Waals surface area contributed by atoms with E-state index in [2.05, 4.69) is 4.98 Å². The zero-order valence-electron chi connectivity index (χ0n) is 11.7. The quantitative estimate of drug-likeness (QED) is 0.791. The molecule has 1 aliphatic carbocycles. The molecule has 21 heavy (non-hydrogen) atoms. The van der Waals surface area contributed by atoms with Crippen molar-refractivity contribution in [3.8, 4) is 0 Å². The van der Waals surface area contributed by atoms with Crippen LogP contribution in [0.5, 0.6) is 0 Å². The minimum atomic E-state index is -0.622. The SMILES string of the molecule is O=C(C(Cl)c1ccccc1)N(Cc1cccnc1)C1CC1. The zero-order chi connectivity index (χ0) is 14.7. The lowest BCUT2D eigenvalue weighted by molar-refractivity contribution is -0.132. The monoisotopic (exact) mass is 300 g/mol. The van der Waals surface area contributed by atoms with Crippen molar-refractivity contribution in [2.45, 2.75) is 30.8 Å². The van der Waals surface area contributed by atoms with Crippen LogP contribution in [-0.4, -0.2) is 21.8 Å². The highest BCUT2D eigenvalue weighted by molar-refractivity contribution is 6.30. The van der Waals surface area contributed by atoms with Crippen LogP contribution in [0.3, 0.4) is 0 Å². The standard InChI is InChI=1S/C17H17ClN2O/c18-16(14-6-2-1-3-7-14)17(21)20(15-8-9-15)12-13-5-4-10-19-11-13/h1-7,10-11,15-16H,8-9,12H2. The predicted octanol–water partition coefficient (Wildman–Crippen LogP) is 3.55. The molecule has 1 saturated carbocycles. The summed E-state index contributed by atoms with van der Waals surface area (Å²) in [4.78, 5) is 18.7. The fourth-order valence-corrected chi connectivity index (χ4v) is 2.64. The third-order valence-corrected chi connectivity index (χ3v) is 4.09. The fraction of sp³-hybridized carbons (Fsp3) is 0.294. The minimum Gasteiger partial charge on any atom is -0.334 e. The molecular weight excluding hydrogens is 284 g/mol. The zero-order valence-corrected chi connectivity index (χ0v) is 12.4. The van der Waals surface area contributed by atoms with Gasteiger partial charge in [0, 0.05) is 25.0 Å². The third kappa shape index (κ3) is 3.42. The van der Waals surface area contributed by atoms with E-state index >= 15 is 0 Å². The summed E-state index contributed by atoms with van der Waals surface area (Å²) >= 11 is 6.38. The van der Waals surface area contributed by atoms with Crippen molar-refractivity contribution < 1.29 is 4.79 Å². The van der Waals surface area contributed by atoms with Crippen molar-refractivity contribution >= 4 is 17.5 Å². The predicted molar refractivity (Wildman–Crippen MR) is 82.8 cm³/mol. The number of nitrogens with zero attached hydrogens (tertiary/aromatic N) is 2. The number of hydrogen-bond donors (Lipinski definition) is 0. The Kier molecular flexibility index (Phi) is 4.20. The smallest absolute Gasteiger partial charge is 0.245 e. The summed E-state index contributed by atoms with van der Waals surface area (Å²) < 4.78 is 0. The van der Waals surface area contributed by atoms with Crippen LogP contribution in [0.1, 0.15) is 29.3 Å². The number of aromatic nitrogens is 1. The first-order chi connectivity index (χ1) is 10.3. The van der Waals surface area contributed by atoms with Crippen LogP contribution < -0.4 is 0 Å². The maximum Gasteiger partial charge on any atom is 0.245 e. The summed E-state index contributed by atoms with van der Waals surface area (Å²) in [7, 11) is 0. The van der Waals surface area contributed by atoms with E-state index in [1.807, 2.05) is 47.4 Å². The van der Waals surface area contributed by atoms with E-state index in [1.165, 1.54) is 0 Å². The number of carbonyl (C=O) groups excluding carboxylic acids is 1. The largest absolute Gasteiger partial charge is 0.334 e. The number of hydrogen-bond acceptors (Lipinski definition) is 2. The van der Waals surface area contributed by atoms with Gasteiger partial charge >= 0.3 is 0 Å². The van der Waals surface area contributed by atoms with E-state index in [0.29, 0.717) is 12.6 Å². The second-order valence-corrected chi connectivity index (χ2v) is 5.77. The molecule has 0 aliphatic heterocycles. The van der Waals surface area contributed by atoms with Crippen molar-refractivity contribution in [1.29, 1.82) is 0 Å². The molecule has 1 amide bonds. The molecule has 1 fully saturated rings. The molecule has 2 aromatic rings. The highest BCUT2D eigenvalue weighted by Crippen LogP contribution is 2.33. The topological polar surface area (TPSA) is 33.2 Å². The van der Waals surface area contributed by atoms with Gasteiger partial charge in [-0.2, -0.15) is 0 Å². The van der Waals surface area contributed by atoms with Gasteiger partial charge in [0.15, 0.2) is 0 Å². The molecule has 1 aliphatic rings. The molecule has 0 N–H and O–H groups in total. The van der Waals surface area contributed by atoms with Crippen molar-refractivity contribution in [2.75, 3.05) is 0 Å². The van der Waals surface area contributed by atoms with Crippen LogP contribution in [0.2, 0.25) is 0 Å². The number of rotatable bonds is 5. The molecule has 1 unspecified atom stereocenters. The molecule has 1 aromatic carbocycles. The van der Waals surface area contributed by atoms with Gasteiger partial charge in [-0.25, -0.2) is 0 Å². The summed E-state index contributed by atoms with van der Waals surface area (Å²) in [6, 6.07) is 13.7. The van der Waals surface area contributed by atoms with Crippen LogP contribution in [0.4, 0.5) is 0 Å². The summed E-state index contributed by atoms with van der Waals surface area (Å²) in [5, 5.41) is -0.622. The molecule has 108 valence electrons. The van der Waals surface area contributed by atoms with E-state index in [0.717, 1.165) is 24.0 Å². The van der Waals surface area contributed by atoms with E-state index in [4.69, 9.17) is 11.6 Å².